The highest BCUT2D eigenvalue weighted by molar-refractivity contribution is 6.39. The smallest absolute Gasteiger partial charge is 0.243 e. The second kappa shape index (κ2) is 6.78. The molecule has 0 aliphatic carbocycles. The van der Waals surface area contributed by atoms with Crippen LogP contribution in [0.4, 0.5) is 15.8 Å². The molecule has 0 spiro atoms. The molecule has 0 saturated carbocycles. The maximum Gasteiger partial charge on any atom is 0.243 e. The van der Waals surface area contributed by atoms with Gasteiger partial charge in [-0.3, -0.25) is 4.79 Å². The van der Waals surface area contributed by atoms with E-state index in [2.05, 4.69) is 10.6 Å². The number of benzene rings is 2. The zero-order chi connectivity index (χ0) is 15.4. The van der Waals surface area contributed by atoms with E-state index in [1.54, 1.807) is 31.2 Å². The van der Waals surface area contributed by atoms with Crippen LogP contribution in [0.1, 0.15) is 5.56 Å². The van der Waals surface area contributed by atoms with Crippen LogP contribution in [0.25, 0.3) is 0 Å². The molecule has 2 rings (SSSR count). The van der Waals surface area contributed by atoms with Crippen LogP contribution < -0.4 is 10.6 Å². The average molecular weight is 327 g/mol. The van der Waals surface area contributed by atoms with Crippen LogP contribution in [0, 0.1) is 12.7 Å². The number of carbonyl (C=O) groups is 1. The van der Waals surface area contributed by atoms with Gasteiger partial charge in [-0.05, 0) is 42.8 Å². The van der Waals surface area contributed by atoms with Crippen LogP contribution in [0.15, 0.2) is 36.4 Å². The van der Waals surface area contributed by atoms with Crippen molar-refractivity contribution in [1.82, 2.24) is 0 Å². The maximum absolute atomic E-state index is 13.2. The average Bonchev–Trinajstić information content (AvgIpc) is 2.40. The SMILES string of the molecule is Cc1cc(F)cc(NCC(=O)Nc2c(Cl)cccc2Cl)c1. The Hall–Kier alpha value is -1.78. The summed E-state index contributed by atoms with van der Waals surface area (Å²) in [4.78, 5) is 11.9. The molecule has 0 aliphatic heterocycles. The van der Waals surface area contributed by atoms with Gasteiger partial charge in [-0.15, -0.1) is 0 Å². The number of rotatable bonds is 4. The van der Waals surface area contributed by atoms with Crippen LogP contribution in [0.2, 0.25) is 10.0 Å². The van der Waals surface area contributed by atoms with E-state index in [9.17, 15) is 9.18 Å². The molecule has 2 N–H and O–H groups in total. The zero-order valence-corrected chi connectivity index (χ0v) is 12.7. The van der Waals surface area contributed by atoms with Gasteiger partial charge in [-0.1, -0.05) is 29.3 Å². The molecule has 1 amide bonds. The van der Waals surface area contributed by atoms with Gasteiger partial charge in [0, 0.05) is 5.69 Å². The van der Waals surface area contributed by atoms with Crippen LogP contribution in [-0.2, 0) is 4.79 Å². The first-order chi connectivity index (χ1) is 9.95. The zero-order valence-electron chi connectivity index (χ0n) is 11.2. The molecule has 0 heterocycles. The van der Waals surface area contributed by atoms with Crippen molar-refractivity contribution < 1.29 is 9.18 Å². The summed E-state index contributed by atoms with van der Waals surface area (Å²) >= 11 is 11.9. The second-order valence-electron chi connectivity index (χ2n) is 4.52. The van der Waals surface area contributed by atoms with Gasteiger partial charge in [0.2, 0.25) is 5.91 Å². The molecule has 0 unspecified atom stereocenters. The number of anilines is 2. The van der Waals surface area contributed by atoms with Crippen molar-refractivity contribution in [3.05, 3.63) is 57.8 Å². The third-order valence-corrected chi connectivity index (χ3v) is 3.35. The number of hydrogen-bond donors (Lipinski definition) is 2. The third-order valence-electron chi connectivity index (χ3n) is 2.72. The Morgan fingerprint density at radius 3 is 2.48 bits per heavy atom. The fourth-order valence-electron chi connectivity index (χ4n) is 1.82. The van der Waals surface area contributed by atoms with E-state index in [0.29, 0.717) is 21.4 Å². The van der Waals surface area contributed by atoms with Crippen molar-refractivity contribution in [3.8, 4) is 0 Å². The molecule has 0 aliphatic rings. The van der Waals surface area contributed by atoms with Crippen molar-refractivity contribution in [2.24, 2.45) is 0 Å². The van der Waals surface area contributed by atoms with Gasteiger partial charge in [0.05, 0.1) is 22.3 Å². The van der Waals surface area contributed by atoms with Crippen LogP contribution >= 0.6 is 23.2 Å². The van der Waals surface area contributed by atoms with E-state index in [4.69, 9.17) is 23.2 Å². The molecule has 110 valence electrons. The van der Waals surface area contributed by atoms with E-state index in [-0.39, 0.29) is 18.3 Å². The van der Waals surface area contributed by atoms with Gasteiger partial charge in [0.1, 0.15) is 5.82 Å². The molecular weight excluding hydrogens is 314 g/mol. The minimum absolute atomic E-state index is 0.0234. The predicted octanol–water partition coefficient (Wildman–Crippen LogP) is 4.49. The number of para-hydroxylation sites is 1. The number of halogens is 3. The Morgan fingerprint density at radius 2 is 1.86 bits per heavy atom. The summed E-state index contributed by atoms with van der Waals surface area (Å²) in [5.74, 6) is -0.682. The standard InChI is InChI=1S/C15H13Cl2FN2O/c1-9-5-10(18)7-11(6-9)19-8-14(21)20-15-12(16)3-2-4-13(15)17/h2-7,19H,8H2,1H3,(H,20,21). The Bertz CT molecular complexity index is 636. The summed E-state index contributed by atoms with van der Waals surface area (Å²) in [5, 5.41) is 6.18. The first-order valence-corrected chi connectivity index (χ1v) is 6.96. The highest BCUT2D eigenvalue weighted by Gasteiger charge is 2.09. The molecule has 0 aromatic heterocycles. The Morgan fingerprint density at radius 1 is 1.19 bits per heavy atom. The fraction of sp³-hybridized carbons (Fsp3) is 0.133. The first-order valence-electron chi connectivity index (χ1n) is 6.20. The Balaban J connectivity index is 1.99. The molecule has 0 fully saturated rings. The van der Waals surface area contributed by atoms with E-state index >= 15 is 0 Å². The van der Waals surface area contributed by atoms with E-state index in [1.807, 2.05) is 0 Å². The van der Waals surface area contributed by atoms with Gasteiger partial charge in [-0.25, -0.2) is 4.39 Å². The first kappa shape index (κ1) is 15.6. The van der Waals surface area contributed by atoms with Crippen molar-refractivity contribution in [2.75, 3.05) is 17.2 Å². The topological polar surface area (TPSA) is 41.1 Å². The molecular formula is C15H13Cl2FN2O. The van der Waals surface area contributed by atoms with Gasteiger partial charge in [0.15, 0.2) is 0 Å². The maximum atomic E-state index is 13.2. The minimum atomic E-state index is -0.355. The highest BCUT2D eigenvalue weighted by Crippen LogP contribution is 2.29. The molecule has 2 aromatic carbocycles. The molecule has 0 bridgehead atoms. The van der Waals surface area contributed by atoms with Crippen molar-refractivity contribution in [2.45, 2.75) is 6.92 Å². The summed E-state index contributed by atoms with van der Waals surface area (Å²) in [7, 11) is 0. The normalized spacial score (nSPS) is 10.3. The summed E-state index contributed by atoms with van der Waals surface area (Å²) < 4.78 is 13.2. The number of nitrogens with one attached hydrogen (secondary N) is 2. The molecule has 0 saturated heterocycles. The quantitative estimate of drug-likeness (QED) is 0.869. The molecule has 0 atom stereocenters. The van der Waals surface area contributed by atoms with Crippen molar-refractivity contribution in [1.29, 1.82) is 0 Å². The largest absolute Gasteiger partial charge is 0.376 e. The van der Waals surface area contributed by atoms with Crippen molar-refractivity contribution >= 4 is 40.5 Å². The molecule has 0 radical (unpaired) electrons. The lowest BCUT2D eigenvalue weighted by Crippen LogP contribution is -2.22. The number of aryl methyl sites for hydroxylation is 1. The fourth-order valence-corrected chi connectivity index (χ4v) is 2.31. The molecule has 6 heteroatoms. The predicted molar refractivity (Wildman–Crippen MR) is 84.7 cm³/mol. The van der Waals surface area contributed by atoms with Gasteiger partial charge in [-0.2, -0.15) is 0 Å². The Labute approximate surface area is 132 Å². The van der Waals surface area contributed by atoms with E-state index in [1.165, 1.54) is 12.1 Å². The highest BCUT2D eigenvalue weighted by atomic mass is 35.5. The molecule has 2 aromatic rings. The number of hydrogen-bond acceptors (Lipinski definition) is 2. The van der Waals surface area contributed by atoms with Crippen LogP contribution in [0.3, 0.4) is 0 Å². The lowest BCUT2D eigenvalue weighted by Gasteiger charge is -2.11. The monoisotopic (exact) mass is 326 g/mol. The second-order valence-corrected chi connectivity index (χ2v) is 5.33. The van der Waals surface area contributed by atoms with Crippen LogP contribution in [-0.4, -0.2) is 12.5 Å². The molecule has 3 nitrogen and oxygen atoms in total. The number of carbonyl (C=O) groups excluding carboxylic acids is 1. The summed E-state index contributed by atoms with van der Waals surface area (Å²) in [6.45, 7) is 1.75. The summed E-state index contributed by atoms with van der Waals surface area (Å²) in [5.41, 5.74) is 1.67. The van der Waals surface area contributed by atoms with E-state index in [0.717, 1.165) is 5.56 Å². The van der Waals surface area contributed by atoms with Gasteiger partial charge >= 0.3 is 0 Å². The van der Waals surface area contributed by atoms with Crippen LogP contribution in [0.5, 0.6) is 0 Å². The minimum Gasteiger partial charge on any atom is -0.376 e. The van der Waals surface area contributed by atoms with Gasteiger partial charge in [0.25, 0.3) is 0 Å². The van der Waals surface area contributed by atoms with Crippen molar-refractivity contribution in [3.63, 3.8) is 0 Å². The summed E-state index contributed by atoms with van der Waals surface area (Å²) in [6, 6.07) is 9.43. The number of amides is 1. The summed E-state index contributed by atoms with van der Waals surface area (Å²) in [6.07, 6.45) is 0. The Kier molecular flexibility index (Phi) is 5.04. The lowest BCUT2D eigenvalue weighted by molar-refractivity contribution is -0.114. The third kappa shape index (κ3) is 4.34. The lowest BCUT2D eigenvalue weighted by atomic mass is 10.2. The molecule has 21 heavy (non-hydrogen) atoms. The van der Waals surface area contributed by atoms with E-state index < -0.39 is 0 Å². The van der Waals surface area contributed by atoms with Gasteiger partial charge < -0.3 is 10.6 Å².